The molecule has 1 aromatic heterocycles. The number of nitrogens with one attached hydrogen (secondary N) is 1. The van der Waals surface area contributed by atoms with Crippen molar-refractivity contribution in [1.82, 2.24) is 4.98 Å². The molecule has 0 saturated carbocycles. The first-order valence-corrected chi connectivity index (χ1v) is 7.13. The van der Waals surface area contributed by atoms with Gasteiger partial charge in [-0.05, 0) is 30.7 Å². The Kier molecular flexibility index (Phi) is 4.95. The Labute approximate surface area is 121 Å². The SMILES string of the molecule is CCCNc1cccc(Sc2ccncc2)c1[N+](=O)[O-]. The van der Waals surface area contributed by atoms with Crippen LogP contribution in [0.3, 0.4) is 0 Å². The predicted octanol–water partition coefficient (Wildman–Crippen LogP) is 3.96. The van der Waals surface area contributed by atoms with Crippen molar-refractivity contribution < 1.29 is 4.92 Å². The molecule has 2 aromatic rings. The second-order valence-electron chi connectivity index (χ2n) is 4.12. The third kappa shape index (κ3) is 3.48. The number of nitro benzene ring substituents is 1. The van der Waals surface area contributed by atoms with E-state index in [-0.39, 0.29) is 10.6 Å². The van der Waals surface area contributed by atoms with E-state index in [1.807, 2.05) is 25.1 Å². The molecular formula is C14H15N3O2S. The summed E-state index contributed by atoms with van der Waals surface area (Å²) >= 11 is 1.37. The van der Waals surface area contributed by atoms with Crippen LogP contribution >= 0.6 is 11.8 Å². The highest BCUT2D eigenvalue weighted by molar-refractivity contribution is 7.99. The molecule has 1 heterocycles. The fourth-order valence-electron chi connectivity index (χ4n) is 1.73. The minimum absolute atomic E-state index is 0.128. The highest BCUT2D eigenvalue weighted by atomic mass is 32.2. The van der Waals surface area contributed by atoms with Gasteiger partial charge in [0, 0.05) is 23.8 Å². The van der Waals surface area contributed by atoms with Crippen LogP contribution in [0.5, 0.6) is 0 Å². The monoisotopic (exact) mass is 289 g/mol. The summed E-state index contributed by atoms with van der Waals surface area (Å²) in [5, 5.41) is 14.4. The van der Waals surface area contributed by atoms with Crippen LogP contribution in [-0.4, -0.2) is 16.5 Å². The van der Waals surface area contributed by atoms with Gasteiger partial charge in [0.25, 0.3) is 0 Å². The second kappa shape index (κ2) is 6.91. The normalized spacial score (nSPS) is 10.2. The standard InChI is InChI=1S/C14H15N3O2S/c1-2-8-16-12-4-3-5-13(14(12)17(18)19)20-11-6-9-15-10-7-11/h3-7,9-10,16H,2,8H2,1H3. The van der Waals surface area contributed by atoms with Crippen molar-refractivity contribution in [1.29, 1.82) is 0 Å². The molecule has 0 bridgehead atoms. The first-order chi connectivity index (χ1) is 9.72. The highest BCUT2D eigenvalue weighted by Gasteiger charge is 2.20. The maximum atomic E-state index is 11.3. The minimum Gasteiger partial charge on any atom is -0.379 e. The lowest BCUT2D eigenvalue weighted by Gasteiger charge is -2.09. The maximum absolute atomic E-state index is 11.3. The molecule has 0 atom stereocenters. The number of para-hydroxylation sites is 1. The number of aromatic nitrogens is 1. The number of hydrogen-bond acceptors (Lipinski definition) is 5. The maximum Gasteiger partial charge on any atom is 0.306 e. The molecule has 0 saturated heterocycles. The van der Waals surface area contributed by atoms with Gasteiger partial charge in [-0.25, -0.2) is 0 Å². The summed E-state index contributed by atoms with van der Waals surface area (Å²) in [5.41, 5.74) is 0.693. The zero-order chi connectivity index (χ0) is 14.4. The largest absolute Gasteiger partial charge is 0.379 e. The molecule has 2 rings (SSSR count). The van der Waals surface area contributed by atoms with E-state index in [1.165, 1.54) is 11.8 Å². The number of rotatable bonds is 6. The third-order valence-electron chi connectivity index (χ3n) is 2.62. The molecule has 0 amide bonds. The first kappa shape index (κ1) is 14.3. The number of benzene rings is 1. The van der Waals surface area contributed by atoms with Crippen molar-refractivity contribution in [3.8, 4) is 0 Å². The van der Waals surface area contributed by atoms with Crippen molar-refractivity contribution in [2.75, 3.05) is 11.9 Å². The van der Waals surface area contributed by atoms with E-state index in [4.69, 9.17) is 0 Å². The molecule has 104 valence electrons. The average molecular weight is 289 g/mol. The van der Waals surface area contributed by atoms with Gasteiger partial charge >= 0.3 is 5.69 Å². The Morgan fingerprint density at radius 2 is 2.05 bits per heavy atom. The van der Waals surface area contributed by atoms with E-state index in [1.54, 1.807) is 24.5 Å². The van der Waals surface area contributed by atoms with Crippen LogP contribution in [0, 0.1) is 10.1 Å². The molecule has 0 radical (unpaired) electrons. The molecule has 1 N–H and O–H groups in total. The molecule has 0 spiro atoms. The number of hydrogen-bond donors (Lipinski definition) is 1. The lowest BCUT2D eigenvalue weighted by atomic mass is 10.2. The van der Waals surface area contributed by atoms with Gasteiger partial charge in [0.15, 0.2) is 0 Å². The zero-order valence-corrected chi connectivity index (χ0v) is 11.9. The fourth-order valence-corrected chi connectivity index (χ4v) is 2.67. The van der Waals surface area contributed by atoms with Gasteiger partial charge in [-0.2, -0.15) is 0 Å². The zero-order valence-electron chi connectivity index (χ0n) is 11.1. The van der Waals surface area contributed by atoms with Gasteiger partial charge < -0.3 is 5.32 Å². The summed E-state index contributed by atoms with van der Waals surface area (Å²) in [6.07, 6.45) is 4.26. The lowest BCUT2D eigenvalue weighted by Crippen LogP contribution is -2.03. The molecule has 6 heteroatoms. The van der Waals surface area contributed by atoms with Crippen LogP contribution in [0.2, 0.25) is 0 Å². The Hall–Kier alpha value is -2.08. The molecule has 1 aromatic carbocycles. The van der Waals surface area contributed by atoms with Crippen molar-refractivity contribution in [3.63, 3.8) is 0 Å². The van der Waals surface area contributed by atoms with Gasteiger partial charge in [-0.1, -0.05) is 24.8 Å². The molecule has 0 aliphatic carbocycles. The average Bonchev–Trinajstić information content (AvgIpc) is 2.46. The summed E-state index contributed by atoms with van der Waals surface area (Å²) in [6.45, 7) is 2.73. The molecule has 0 unspecified atom stereocenters. The Bertz CT molecular complexity index is 590. The van der Waals surface area contributed by atoms with Crippen molar-refractivity contribution in [2.45, 2.75) is 23.1 Å². The molecule has 0 aliphatic rings. The number of nitrogens with zero attached hydrogens (tertiary/aromatic N) is 2. The van der Waals surface area contributed by atoms with Crippen molar-refractivity contribution in [2.24, 2.45) is 0 Å². The predicted molar refractivity (Wildman–Crippen MR) is 80.2 cm³/mol. The van der Waals surface area contributed by atoms with E-state index in [0.29, 0.717) is 17.1 Å². The van der Waals surface area contributed by atoms with E-state index < -0.39 is 0 Å². The van der Waals surface area contributed by atoms with Gasteiger partial charge in [-0.15, -0.1) is 0 Å². The van der Waals surface area contributed by atoms with E-state index in [9.17, 15) is 10.1 Å². The van der Waals surface area contributed by atoms with Crippen molar-refractivity contribution >= 4 is 23.1 Å². The molecule has 0 aliphatic heterocycles. The quantitative estimate of drug-likeness (QED) is 0.644. The van der Waals surface area contributed by atoms with E-state index >= 15 is 0 Å². The molecule has 5 nitrogen and oxygen atoms in total. The van der Waals surface area contributed by atoms with Gasteiger partial charge in [0.1, 0.15) is 5.69 Å². The third-order valence-corrected chi connectivity index (χ3v) is 3.68. The molecule has 20 heavy (non-hydrogen) atoms. The minimum atomic E-state index is -0.332. The fraction of sp³-hybridized carbons (Fsp3) is 0.214. The van der Waals surface area contributed by atoms with E-state index in [2.05, 4.69) is 10.3 Å². The highest BCUT2D eigenvalue weighted by Crippen LogP contribution is 2.38. The van der Waals surface area contributed by atoms with Crippen LogP contribution in [0.15, 0.2) is 52.5 Å². The lowest BCUT2D eigenvalue weighted by molar-refractivity contribution is -0.386. The number of pyridine rings is 1. The number of nitro groups is 1. The van der Waals surface area contributed by atoms with Crippen molar-refractivity contribution in [3.05, 3.63) is 52.8 Å². The smallest absolute Gasteiger partial charge is 0.306 e. The van der Waals surface area contributed by atoms with Crippen LogP contribution in [0.25, 0.3) is 0 Å². The number of anilines is 1. The van der Waals surface area contributed by atoms with Gasteiger partial charge in [0.05, 0.1) is 9.82 Å². The van der Waals surface area contributed by atoms with Crippen LogP contribution < -0.4 is 5.32 Å². The van der Waals surface area contributed by atoms with Gasteiger partial charge in [-0.3, -0.25) is 15.1 Å². The summed E-state index contributed by atoms with van der Waals surface area (Å²) in [5.74, 6) is 0. The molecule has 0 fully saturated rings. The Morgan fingerprint density at radius 1 is 1.30 bits per heavy atom. The van der Waals surface area contributed by atoms with Gasteiger partial charge in [0.2, 0.25) is 0 Å². The van der Waals surface area contributed by atoms with Crippen LogP contribution in [0.1, 0.15) is 13.3 Å². The summed E-state index contributed by atoms with van der Waals surface area (Å²) < 4.78 is 0. The Morgan fingerprint density at radius 3 is 2.70 bits per heavy atom. The topological polar surface area (TPSA) is 68.1 Å². The van der Waals surface area contributed by atoms with Crippen LogP contribution in [-0.2, 0) is 0 Å². The molecular weight excluding hydrogens is 274 g/mol. The van der Waals surface area contributed by atoms with Crippen LogP contribution in [0.4, 0.5) is 11.4 Å². The second-order valence-corrected chi connectivity index (χ2v) is 5.24. The summed E-state index contributed by atoms with van der Waals surface area (Å²) in [6, 6.07) is 9.00. The first-order valence-electron chi connectivity index (χ1n) is 6.31. The Balaban J connectivity index is 2.34. The summed E-state index contributed by atoms with van der Waals surface area (Å²) in [4.78, 5) is 16.5. The summed E-state index contributed by atoms with van der Waals surface area (Å²) in [7, 11) is 0. The van der Waals surface area contributed by atoms with E-state index in [0.717, 1.165) is 11.3 Å².